The van der Waals surface area contributed by atoms with Gasteiger partial charge in [0, 0.05) is 5.56 Å². The maximum atomic E-state index is 11.9. The molecule has 0 spiro atoms. The van der Waals surface area contributed by atoms with Gasteiger partial charge in [-0.15, -0.1) is 10.2 Å². The molecule has 1 aromatic heterocycles. The lowest BCUT2D eigenvalue weighted by Gasteiger charge is -2.07. The summed E-state index contributed by atoms with van der Waals surface area (Å²) in [5.74, 6) is -0.255. The van der Waals surface area contributed by atoms with Gasteiger partial charge >= 0.3 is 5.97 Å². The standard InChI is InChI=1S/C20H16N4O5S/c1-27-15-8-6-13(7-9-15)19-23-24-20(29-19)30-12-18(26)28-11-17(25)22-16-5-3-2-4-14(16)10-21/h2-9H,11-12H2,1H3,(H,22,25). The van der Waals surface area contributed by atoms with E-state index in [1.165, 1.54) is 0 Å². The van der Waals surface area contributed by atoms with E-state index in [4.69, 9.17) is 19.2 Å². The summed E-state index contributed by atoms with van der Waals surface area (Å²) < 4.78 is 15.5. The Labute approximate surface area is 176 Å². The number of para-hydroxylation sites is 1. The molecule has 0 bridgehead atoms. The molecule has 0 saturated carbocycles. The minimum atomic E-state index is -0.618. The first-order chi connectivity index (χ1) is 14.6. The molecule has 1 heterocycles. The number of nitrogens with one attached hydrogen (secondary N) is 1. The van der Waals surface area contributed by atoms with Crippen molar-refractivity contribution in [2.45, 2.75) is 5.22 Å². The molecule has 2 aromatic carbocycles. The Balaban J connectivity index is 1.45. The fourth-order valence-electron chi connectivity index (χ4n) is 2.30. The number of methoxy groups -OCH3 is 1. The predicted octanol–water partition coefficient (Wildman–Crippen LogP) is 2.89. The van der Waals surface area contributed by atoms with Gasteiger partial charge in [0.05, 0.1) is 18.4 Å². The van der Waals surface area contributed by atoms with E-state index in [1.807, 2.05) is 6.07 Å². The second kappa shape index (κ2) is 10.1. The molecule has 1 N–H and O–H groups in total. The van der Waals surface area contributed by atoms with Gasteiger partial charge in [-0.25, -0.2) is 0 Å². The molecule has 30 heavy (non-hydrogen) atoms. The first-order valence-corrected chi connectivity index (χ1v) is 9.63. The van der Waals surface area contributed by atoms with Crippen molar-refractivity contribution in [3.8, 4) is 23.3 Å². The van der Waals surface area contributed by atoms with Crippen molar-refractivity contribution in [2.24, 2.45) is 0 Å². The number of nitrogens with zero attached hydrogens (tertiary/aromatic N) is 3. The van der Waals surface area contributed by atoms with E-state index < -0.39 is 18.5 Å². The predicted molar refractivity (Wildman–Crippen MR) is 108 cm³/mol. The number of aromatic nitrogens is 2. The smallest absolute Gasteiger partial charge is 0.316 e. The third kappa shape index (κ3) is 5.59. The number of esters is 1. The van der Waals surface area contributed by atoms with Crippen LogP contribution in [0.15, 0.2) is 58.2 Å². The fourth-order valence-corrected chi connectivity index (χ4v) is 2.86. The number of carbonyl (C=O) groups excluding carboxylic acids is 2. The number of carbonyl (C=O) groups is 2. The average Bonchev–Trinajstić information content (AvgIpc) is 3.26. The van der Waals surface area contributed by atoms with E-state index in [2.05, 4.69) is 15.5 Å². The maximum Gasteiger partial charge on any atom is 0.316 e. The van der Waals surface area contributed by atoms with E-state index in [0.29, 0.717) is 28.5 Å². The fraction of sp³-hybridized carbons (Fsp3) is 0.150. The Morgan fingerprint density at radius 3 is 2.67 bits per heavy atom. The lowest BCUT2D eigenvalue weighted by Crippen LogP contribution is -2.22. The number of thioether (sulfide) groups is 1. The minimum absolute atomic E-state index is 0.105. The van der Waals surface area contributed by atoms with Crippen molar-refractivity contribution < 1.29 is 23.5 Å². The minimum Gasteiger partial charge on any atom is -0.497 e. The maximum absolute atomic E-state index is 11.9. The Morgan fingerprint density at radius 2 is 1.93 bits per heavy atom. The second-order valence-corrected chi connectivity index (χ2v) is 6.68. The van der Waals surface area contributed by atoms with Crippen LogP contribution in [-0.2, 0) is 14.3 Å². The molecule has 0 radical (unpaired) electrons. The number of hydrogen-bond acceptors (Lipinski definition) is 9. The summed E-state index contributed by atoms with van der Waals surface area (Å²) in [6.45, 7) is -0.472. The van der Waals surface area contributed by atoms with Crippen molar-refractivity contribution in [2.75, 3.05) is 24.8 Å². The topological polar surface area (TPSA) is 127 Å². The zero-order chi connectivity index (χ0) is 21.3. The van der Waals surface area contributed by atoms with Gasteiger partial charge in [0.1, 0.15) is 17.6 Å². The molecular weight excluding hydrogens is 408 g/mol. The van der Waals surface area contributed by atoms with Crippen LogP contribution in [0.4, 0.5) is 5.69 Å². The highest BCUT2D eigenvalue weighted by molar-refractivity contribution is 7.99. The highest BCUT2D eigenvalue weighted by atomic mass is 32.2. The summed E-state index contributed by atoms with van der Waals surface area (Å²) in [5, 5.41) is 19.5. The van der Waals surface area contributed by atoms with E-state index in [9.17, 15) is 9.59 Å². The van der Waals surface area contributed by atoms with Crippen molar-refractivity contribution in [1.82, 2.24) is 10.2 Å². The van der Waals surface area contributed by atoms with Gasteiger partial charge in [-0.1, -0.05) is 23.9 Å². The quantitative estimate of drug-likeness (QED) is 0.429. The number of amides is 1. The highest BCUT2D eigenvalue weighted by Crippen LogP contribution is 2.24. The van der Waals surface area contributed by atoms with Gasteiger partial charge in [0.25, 0.3) is 11.1 Å². The van der Waals surface area contributed by atoms with Crippen LogP contribution >= 0.6 is 11.8 Å². The van der Waals surface area contributed by atoms with E-state index in [-0.39, 0.29) is 11.0 Å². The summed E-state index contributed by atoms with van der Waals surface area (Å²) in [6.07, 6.45) is 0. The third-order valence-corrected chi connectivity index (χ3v) is 4.53. The van der Waals surface area contributed by atoms with Crippen LogP contribution in [0.1, 0.15) is 5.56 Å². The molecule has 0 saturated heterocycles. The molecule has 10 heteroatoms. The molecule has 1 amide bonds. The van der Waals surface area contributed by atoms with Gasteiger partial charge in [0.15, 0.2) is 6.61 Å². The first kappa shape index (κ1) is 20.9. The average molecular weight is 424 g/mol. The van der Waals surface area contributed by atoms with Crippen LogP contribution in [0.5, 0.6) is 5.75 Å². The summed E-state index contributed by atoms with van der Waals surface area (Å²) in [5.41, 5.74) is 1.39. The zero-order valence-electron chi connectivity index (χ0n) is 15.8. The first-order valence-electron chi connectivity index (χ1n) is 8.64. The van der Waals surface area contributed by atoms with Crippen molar-refractivity contribution in [3.63, 3.8) is 0 Å². The molecule has 3 aromatic rings. The number of benzene rings is 2. The third-order valence-electron chi connectivity index (χ3n) is 3.74. The molecule has 152 valence electrons. The number of anilines is 1. The second-order valence-electron chi connectivity index (χ2n) is 5.76. The van der Waals surface area contributed by atoms with Crippen LogP contribution in [0, 0.1) is 11.3 Å². The van der Waals surface area contributed by atoms with Gasteiger partial charge in [0.2, 0.25) is 5.89 Å². The number of ether oxygens (including phenoxy) is 2. The van der Waals surface area contributed by atoms with Crippen molar-refractivity contribution >= 4 is 29.3 Å². The molecular formula is C20H16N4O5S. The van der Waals surface area contributed by atoms with Gasteiger partial charge in [-0.3, -0.25) is 9.59 Å². The molecule has 3 rings (SSSR count). The normalized spacial score (nSPS) is 10.1. The SMILES string of the molecule is COc1ccc(-c2nnc(SCC(=O)OCC(=O)Nc3ccccc3C#N)o2)cc1. The Kier molecular flexibility index (Phi) is 7.02. The van der Waals surface area contributed by atoms with E-state index in [1.54, 1.807) is 55.6 Å². The number of rotatable bonds is 8. The van der Waals surface area contributed by atoms with E-state index in [0.717, 1.165) is 11.8 Å². The van der Waals surface area contributed by atoms with Gasteiger partial charge in [-0.05, 0) is 36.4 Å². The Hall–Kier alpha value is -3.84. The Morgan fingerprint density at radius 1 is 1.17 bits per heavy atom. The summed E-state index contributed by atoms with van der Waals surface area (Å²) in [4.78, 5) is 23.8. The van der Waals surface area contributed by atoms with Crippen LogP contribution in [-0.4, -0.2) is 41.5 Å². The lowest BCUT2D eigenvalue weighted by molar-refractivity contribution is -0.144. The summed E-state index contributed by atoms with van der Waals surface area (Å²) in [7, 11) is 1.57. The van der Waals surface area contributed by atoms with Crippen LogP contribution < -0.4 is 10.1 Å². The molecule has 0 aliphatic carbocycles. The van der Waals surface area contributed by atoms with Crippen LogP contribution in [0.2, 0.25) is 0 Å². The van der Waals surface area contributed by atoms with Gasteiger partial charge < -0.3 is 19.2 Å². The molecule has 0 aliphatic heterocycles. The van der Waals surface area contributed by atoms with E-state index >= 15 is 0 Å². The monoisotopic (exact) mass is 424 g/mol. The molecule has 0 atom stereocenters. The van der Waals surface area contributed by atoms with Crippen molar-refractivity contribution in [3.05, 3.63) is 54.1 Å². The molecule has 9 nitrogen and oxygen atoms in total. The highest BCUT2D eigenvalue weighted by Gasteiger charge is 2.14. The number of hydrogen-bond donors (Lipinski definition) is 1. The molecule has 0 unspecified atom stereocenters. The van der Waals surface area contributed by atoms with Crippen LogP contribution in [0.25, 0.3) is 11.5 Å². The van der Waals surface area contributed by atoms with Gasteiger partial charge in [-0.2, -0.15) is 5.26 Å². The lowest BCUT2D eigenvalue weighted by atomic mass is 10.2. The largest absolute Gasteiger partial charge is 0.497 e. The molecule has 0 aliphatic rings. The van der Waals surface area contributed by atoms with Crippen molar-refractivity contribution in [1.29, 1.82) is 5.26 Å². The summed E-state index contributed by atoms with van der Waals surface area (Å²) >= 11 is 0.999. The number of nitriles is 1. The zero-order valence-corrected chi connectivity index (χ0v) is 16.6. The van der Waals surface area contributed by atoms with Crippen LogP contribution in [0.3, 0.4) is 0 Å². The molecule has 0 fully saturated rings. The Bertz CT molecular complexity index is 1080. The summed E-state index contributed by atoms with van der Waals surface area (Å²) in [6, 6.07) is 15.6.